The Morgan fingerprint density at radius 1 is 1.03 bits per heavy atom. The minimum atomic E-state index is -0.984. The number of carbonyl (C=O) groups is 3. The molecule has 1 amide bonds. The first-order valence-corrected chi connectivity index (χ1v) is 14.7. The van der Waals surface area contributed by atoms with Crippen LogP contribution < -0.4 is 5.73 Å². The van der Waals surface area contributed by atoms with Gasteiger partial charge in [0.15, 0.2) is 5.78 Å². The van der Waals surface area contributed by atoms with Gasteiger partial charge in [0.1, 0.15) is 12.4 Å². The Kier molecular flexibility index (Phi) is 8.40. The Morgan fingerprint density at radius 2 is 1.74 bits per heavy atom. The normalized spacial score (nSPS) is 27.1. The molecule has 1 aliphatic heterocycles. The van der Waals surface area contributed by atoms with E-state index in [0.717, 1.165) is 48.6 Å². The number of ketones is 1. The number of fused-ring (bicyclic) bond motifs is 1. The van der Waals surface area contributed by atoms with Crippen LogP contribution in [0, 0.1) is 23.7 Å². The van der Waals surface area contributed by atoms with Crippen molar-refractivity contribution in [1.29, 1.82) is 0 Å². The zero-order chi connectivity index (χ0) is 27.7. The molecule has 0 bridgehead atoms. The molecule has 2 saturated carbocycles. The zero-order valence-electron chi connectivity index (χ0n) is 23.0. The number of Topliss-reactive ketones (excluding diaryl/α,β-unsaturated/α-hetero) is 1. The highest BCUT2D eigenvalue weighted by Crippen LogP contribution is 2.41. The molecule has 212 valence electrons. The molecule has 2 aliphatic carbocycles. The predicted octanol–water partition coefficient (Wildman–Crippen LogP) is 4.89. The second-order valence-electron chi connectivity index (χ2n) is 12.2. The van der Waals surface area contributed by atoms with Crippen molar-refractivity contribution in [2.75, 3.05) is 13.2 Å². The average Bonchev–Trinajstić information content (AvgIpc) is 3.54. The minimum Gasteiger partial charge on any atom is -0.477 e. The second-order valence-corrected chi connectivity index (χ2v) is 12.2. The first-order chi connectivity index (χ1) is 18.8. The van der Waals surface area contributed by atoms with Crippen molar-refractivity contribution < 1.29 is 23.9 Å². The summed E-state index contributed by atoms with van der Waals surface area (Å²) < 4.78 is 14.7. The summed E-state index contributed by atoms with van der Waals surface area (Å²) in [4.78, 5) is 41.3. The van der Waals surface area contributed by atoms with Gasteiger partial charge in [-0.15, -0.1) is 0 Å². The van der Waals surface area contributed by atoms with E-state index in [9.17, 15) is 23.9 Å². The summed E-state index contributed by atoms with van der Waals surface area (Å²) in [6, 6.07) is 6.47. The number of aromatic carboxylic acids is 1. The van der Waals surface area contributed by atoms with Crippen molar-refractivity contribution in [2.45, 2.75) is 82.7 Å². The molecule has 7 nitrogen and oxygen atoms in total. The van der Waals surface area contributed by atoms with Gasteiger partial charge in [0.2, 0.25) is 5.91 Å². The maximum Gasteiger partial charge on any atom is 0.352 e. The number of halogens is 1. The summed E-state index contributed by atoms with van der Waals surface area (Å²) in [6.07, 6.45) is 9.88. The van der Waals surface area contributed by atoms with Gasteiger partial charge in [0.25, 0.3) is 0 Å². The third-order valence-corrected chi connectivity index (χ3v) is 9.92. The lowest BCUT2D eigenvalue weighted by Gasteiger charge is -2.37. The summed E-state index contributed by atoms with van der Waals surface area (Å²) in [5.74, 6) is -0.150. The molecule has 8 heteroatoms. The molecule has 0 radical (unpaired) electrons. The van der Waals surface area contributed by atoms with Gasteiger partial charge in [0.05, 0.1) is 6.04 Å². The summed E-state index contributed by atoms with van der Waals surface area (Å²) in [6.45, 7) is 0.0987. The number of aromatic nitrogens is 1. The van der Waals surface area contributed by atoms with Crippen molar-refractivity contribution >= 4 is 28.6 Å². The summed E-state index contributed by atoms with van der Waals surface area (Å²) in [7, 11) is 1.73. The number of alkyl halides is 1. The van der Waals surface area contributed by atoms with Crippen LogP contribution in [0.3, 0.4) is 0 Å². The lowest BCUT2D eigenvalue weighted by atomic mass is 9.75. The molecule has 0 unspecified atom stereocenters. The molecule has 1 aromatic heterocycles. The fourth-order valence-corrected chi connectivity index (χ4v) is 7.71. The Balaban J connectivity index is 1.35. The smallest absolute Gasteiger partial charge is 0.352 e. The SMILES string of the molecule is Cn1c(C(=O)O)cc2cc(CC(=O)[C@@H]3[C@H](C4CCCCC4)CCN3C(=O)C3CCC([C@H](N)CF)CC3)ccc21. The van der Waals surface area contributed by atoms with E-state index >= 15 is 0 Å². The Bertz CT molecular complexity index is 1210. The Morgan fingerprint density at radius 3 is 2.41 bits per heavy atom. The number of likely N-dealkylation sites (tertiary alicyclic amines) is 1. The van der Waals surface area contributed by atoms with Crippen molar-refractivity contribution in [3.05, 3.63) is 35.5 Å². The van der Waals surface area contributed by atoms with Crippen LogP contribution in [-0.4, -0.2) is 57.5 Å². The van der Waals surface area contributed by atoms with Crippen LogP contribution in [0.25, 0.3) is 10.9 Å². The first kappa shape index (κ1) is 27.8. The molecule has 2 aromatic rings. The van der Waals surface area contributed by atoms with E-state index in [1.165, 1.54) is 19.3 Å². The number of carbonyl (C=O) groups excluding carboxylic acids is 2. The van der Waals surface area contributed by atoms with Crippen molar-refractivity contribution in [2.24, 2.45) is 36.5 Å². The lowest BCUT2D eigenvalue weighted by molar-refractivity contribution is -0.143. The van der Waals surface area contributed by atoms with Crippen molar-refractivity contribution in [3.8, 4) is 0 Å². The van der Waals surface area contributed by atoms with Crippen molar-refractivity contribution in [3.63, 3.8) is 0 Å². The first-order valence-electron chi connectivity index (χ1n) is 14.7. The van der Waals surface area contributed by atoms with Gasteiger partial charge in [-0.25, -0.2) is 9.18 Å². The van der Waals surface area contributed by atoms with Crippen LogP contribution in [0.1, 0.15) is 80.3 Å². The van der Waals surface area contributed by atoms with E-state index < -0.39 is 24.7 Å². The van der Waals surface area contributed by atoms with Crippen molar-refractivity contribution in [1.82, 2.24) is 9.47 Å². The van der Waals surface area contributed by atoms with E-state index in [2.05, 4.69) is 0 Å². The molecule has 3 atom stereocenters. The van der Waals surface area contributed by atoms with Crippen LogP contribution in [-0.2, 0) is 23.1 Å². The number of nitrogens with zero attached hydrogens (tertiary/aromatic N) is 2. The van der Waals surface area contributed by atoms with Gasteiger partial charge < -0.3 is 20.3 Å². The molecule has 3 fully saturated rings. The zero-order valence-corrected chi connectivity index (χ0v) is 23.0. The minimum absolute atomic E-state index is 0.0818. The van der Waals surface area contributed by atoms with E-state index in [-0.39, 0.29) is 41.6 Å². The number of carboxylic acid groups (broad SMARTS) is 1. The highest BCUT2D eigenvalue weighted by Gasteiger charge is 2.46. The number of aryl methyl sites for hydroxylation is 1. The fourth-order valence-electron chi connectivity index (χ4n) is 7.71. The molecule has 1 saturated heterocycles. The van der Waals surface area contributed by atoms with E-state index in [0.29, 0.717) is 25.3 Å². The molecule has 5 rings (SSSR count). The molecule has 3 N–H and O–H groups in total. The largest absolute Gasteiger partial charge is 0.477 e. The number of hydrogen-bond acceptors (Lipinski definition) is 4. The number of benzene rings is 1. The van der Waals surface area contributed by atoms with Crippen LogP contribution >= 0.6 is 0 Å². The fraction of sp³-hybridized carbons (Fsp3) is 0.645. The van der Waals surface area contributed by atoms with Crippen LogP contribution in [0.4, 0.5) is 4.39 Å². The predicted molar refractivity (Wildman–Crippen MR) is 148 cm³/mol. The van der Waals surface area contributed by atoms with E-state index in [4.69, 9.17) is 5.73 Å². The van der Waals surface area contributed by atoms with E-state index in [1.54, 1.807) is 17.7 Å². The monoisotopic (exact) mass is 539 g/mol. The number of rotatable bonds is 8. The molecule has 3 aliphatic rings. The number of hydrogen-bond donors (Lipinski definition) is 2. The summed E-state index contributed by atoms with van der Waals surface area (Å²) in [5.41, 5.74) is 7.80. The molecular weight excluding hydrogens is 497 g/mol. The van der Waals surface area contributed by atoms with Crippen LogP contribution in [0.5, 0.6) is 0 Å². The number of amides is 1. The Hall–Kier alpha value is -2.74. The molecule has 1 aromatic carbocycles. The number of carboxylic acids is 1. The van der Waals surface area contributed by atoms with E-state index in [1.807, 2.05) is 23.1 Å². The maximum atomic E-state index is 14.0. The Labute approximate surface area is 229 Å². The topological polar surface area (TPSA) is 106 Å². The maximum absolute atomic E-state index is 14.0. The summed E-state index contributed by atoms with van der Waals surface area (Å²) in [5, 5.41) is 10.3. The van der Waals surface area contributed by atoms with Gasteiger partial charge in [-0.3, -0.25) is 9.59 Å². The van der Waals surface area contributed by atoms with Crippen LogP contribution in [0.2, 0.25) is 0 Å². The quantitative estimate of drug-likeness (QED) is 0.497. The molecule has 0 spiro atoms. The highest BCUT2D eigenvalue weighted by molar-refractivity contribution is 5.96. The molecule has 39 heavy (non-hydrogen) atoms. The molecule has 2 heterocycles. The van der Waals surface area contributed by atoms with Gasteiger partial charge in [-0.05, 0) is 73.6 Å². The van der Waals surface area contributed by atoms with Gasteiger partial charge >= 0.3 is 5.97 Å². The second kappa shape index (κ2) is 11.8. The lowest BCUT2D eigenvalue weighted by Crippen LogP contribution is -2.48. The highest BCUT2D eigenvalue weighted by atomic mass is 19.1. The number of nitrogens with two attached hydrogens (primary N) is 1. The third kappa shape index (κ3) is 5.63. The van der Waals surface area contributed by atoms with Gasteiger partial charge in [0, 0.05) is 42.9 Å². The van der Waals surface area contributed by atoms with Crippen LogP contribution in [0.15, 0.2) is 24.3 Å². The summed E-state index contributed by atoms with van der Waals surface area (Å²) >= 11 is 0. The van der Waals surface area contributed by atoms with Gasteiger partial charge in [-0.2, -0.15) is 0 Å². The van der Waals surface area contributed by atoms with Gasteiger partial charge in [-0.1, -0.05) is 38.2 Å². The molecular formula is C31H42FN3O4. The standard InChI is InChI=1S/C31H42FN3O4/c1-34-26-12-7-19(15-23(26)17-27(34)31(38)39)16-28(36)29-24(20-5-3-2-4-6-20)13-14-35(29)30(37)22-10-8-21(9-11-22)25(33)18-32/h7,12,15,17,20-22,24-25,29H,2-6,8-11,13-14,16,18,33H2,1H3,(H,38,39)/t21?,22?,24-,25+,29-/m0/s1. The third-order valence-electron chi connectivity index (χ3n) is 9.92. The average molecular weight is 540 g/mol.